The van der Waals surface area contributed by atoms with Crippen LogP contribution in [0.15, 0.2) is 185 Å². The number of rotatable bonds is 5. The lowest BCUT2D eigenvalue weighted by molar-refractivity contribution is 0.669. The Hall–Kier alpha value is -6.58. The van der Waals surface area contributed by atoms with Crippen LogP contribution in [0.4, 0.5) is 17.1 Å². The highest BCUT2D eigenvalue weighted by atomic mass is 16.3. The Labute approximate surface area is 282 Å². The van der Waals surface area contributed by atoms with E-state index in [-0.39, 0.29) is 0 Å². The lowest BCUT2D eigenvalue weighted by Gasteiger charge is -2.27. The average Bonchev–Trinajstić information content (AvgIpc) is 3.75. The number of nitrogens with zero attached hydrogens (tertiary/aromatic N) is 1. The van der Waals surface area contributed by atoms with Gasteiger partial charge in [0.2, 0.25) is 0 Å². The van der Waals surface area contributed by atoms with Gasteiger partial charge in [0.05, 0.1) is 11.1 Å². The van der Waals surface area contributed by atoms with Crippen molar-refractivity contribution in [1.29, 1.82) is 0 Å². The maximum absolute atomic E-state index is 6.62. The summed E-state index contributed by atoms with van der Waals surface area (Å²) in [6.07, 6.45) is 0. The minimum atomic E-state index is 0.865. The van der Waals surface area contributed by atoms with Crippen molar-refractivity contribution < 1.29 is 8.83 Å². The van der Waals surface area contributed by atoms with E-state index >= 15 is 0 Å². The van der Waals surface area contributed by atoms with Crippen molar-refractivity contribution >= 4 is 71.7 Å². The van der Waals surface area contributed by atoms with Gasteiger partial charge in [-0.3, -0.25) is 0 Å². The summed E-state index contributed by atoms with van der Waals surface area (Å²) in [5.41, 5.74) is 11.4. The first-order chi connectivity index (χ1) is 24.3. The number of fused-ring (bicyclic) bond motifs is 8. The topological polar surface area (TPSA) is 29.5 Å². The molecule has 49 heavy (non-hydrogen) atoms. The van der Waals surface area contributed by atoms with Crippen LogP contribution >= 0.6 is 0 Å². The summed E-state index contributed by atoms with van der Waals surface area (Å²) in [5.74, 6) is 0. The molecule has 3 heteroatoms. The number of hydrogen-bond donors (Lipinski definition) is 0. The van der Waals surface area contributed by atoms with Gasteiger partial charge in [-0.25, -0.2) is 0 Å². The van der Waals surface area contributed by atoms with Gasteiger partial charge in [0.25, 0.3) is 0 Å². The molecule has 3 nitrogen and oxygen atoms in total. The van der Waals surface area contributed by atoms with Crippen LogP contribution in [0.3, 0.4) is 0 Å². The zero-order valence-electron chi connectivity index (χ0n) is 26.5. The van der Waals surface area contributed by atoms with Crippen molar-refractivity contribution in [3.8, 4) is 22.3 Å². The Bertz CT molecular complexity index is 2830. The van der Waals surface area contributed by atoms with Crippen molar-refractivity contribution in [3.63, 3.8) is 0 Å². The zero-order chi connectivity index (χ0) is 32.3. The Balaban J connectivity index is 1.15. The molecular weight excluding hydrogens is 599 g/mol. The molecule has 0 atom stereocenters. The molecule has 0 aliphatic carbocycles. The summed E-state index contributed by atoms with van der Waals surface area (Å²) >= 11 is 0. The highest BCUT2D eigenvalue weighted by molar-refractivity contribution is 6.19. The van der Waals surface area contributed by atoms with Crippen molar-refractivity contribution in [1.82, 2.24) is 0 Å². The Morgan fingerprint density at radius 1 is 0.347 bits per heavy atom. The van der Waals surface area contributed by atoms with Gasteiger partial charge < -0.3 is 13.7 Å². The van der Waals surface area contributed by atoms with Crippen molar-refractivity contribution in [3.05, 3.63) is 176 Å². The molecule has 10 rings (SSSR count). The van der Waals surface area contributed by atoms with E-state index in [1.165, 1.54) is 10.9 Å². The third-order valence-corrected chi connectivity index (χ3v) is 9.66. The first-order valence-electron chi connectivity index (χ1n) is 16.6. The monoisotopic (exact) mass is 627 g/mol. The number of benzene rings is 8. The largest absolute Gasteiger partial charge is 0.456 e. The molecule has 0 saturated heterocycles. The highest BCUT2D eigenvalue weighted by Gasteiger charge is 2.21. The highest BCUT2D eigenvalue weighted by Crippen LogP contribution is 2.45. The molecule has 0 saturated carbocycles. The number of hydrogen-bond acceptors (Lipinski definition) is 3. The van der Waals surface area contributed by atoms with E-state index in [0.717, 1.165) is 83.0 Å². The molecule has 2 aromatic heterocycles. The van der Waals surface area contributed by atoms with E-state index in [1.54, 1.807) is 0 Å². The molecule has 0 aliphatic heterocycles. The number of furan rings is 2. The van der Waals surface area contributed by atoms with Gasteiger partial charge in [-0.05, 0) is 88.3 Å². The maximum Gasteiger partial charge on any atom is 0.143 e. The summed E-state index contributed by atoms with van der Waals surface area (Å²) in [6, 6.07) is 62.0. The quantitative estimate of drug-likeness (QED) is 0.190. The van der Waals surface area contributed by atoms with Gasteiger partial charge in [0.15, 0.2) is 0 Å². The molecule has 10 aromatic rings. The molecule has 0 N–H and O–H groups in total. The van der Waals surface area contributed by atoms with Crippen molar-refractivity contribution in [2.24, 2.45) is 0 Å². The summed E-state index contributed by atoms with van der Waals surface area (Å²) < 4.78 is 12.8. The second-order valence-electron chi connectivity index (χ2n) is 12.5. The van der Waals surface area contributed by atoms with Crippen LogP contribution in [0.1, 0.15) is 0 Å². The molecule has 0 unspecified atom stereocenters. The molecule has 0 amide bonds. The van der Waals surface area contributed by atoms with Crippen molar-refractivity contribution in [2.45, 2.75) is 0 Å². The van der Waals surface area contributed by atoms with E-state index in [9.17, 15) is 0 Å². The molecule has 8 aromatic carbocycles. The van der Waals surface area contributed by atoms with Crippen LogP contribution < -0.4 is 4.90 Å². The SMILES string of the molecule is c1ccc(-c2cccc(N(c3ccc(-c4ccc5c(c4)oc4ccccc45)cc3)c3cccc4oc5c6ccccc6ccc5c34)c2)cc1. The van der Waals surface area contributed by atoms with Gasteiger partial charge in [-0.1, -0.05) is 115 Å². The average molecular weight is 628 g/mol. The molecule has 0 fully saturated rings. The minimum absolute atomic E-state index is 0.865. The Morgan fingerprint density at radius 2 is 1.00 bits per heavy atom. The summed E-state index contributed by atoms with van der Waals surface area (Å²) in [5, 5.41) is 6.75. The van der Waals surface area contributed by atoms with E-state index < -0.39 is 0 Å². The predicted molar refractivity (Wildman–Crippen MR) is 204 cm³/mol. The van der Waals surface area contributed by atoms with E-state index in [2.05, 4.69) is 169 Å². The Morgan fingerprint density at radius 3 is 1.90 bits per heavy atom. The van der Waals surface area contributed by atoms with Crippen LogP contribution in [0.2, 0.25) is 0 Å². The fourth-order valence-electron chi connectivity index (χ4n) is 7.31. The first-order valence-corrected chi connectivity index (χ1v) is 16.6. The lowest BCUT2D eigenvalue weighted by atomic mass is 10.0. The van der Waals surface area contributed by atoms with Gasteiger partial charge in [-0.2, -0.15) is 0 Å². The van der Waals surface area contributed by atoms with Crippen LogP contribution in [0.25, 0.3) is 76.9 Å². The normalized spacial score (nSPS) is 11.7. The maximum atomic E-state index is 6.62. The predicted octanol–water partition coefficient (Wildman–Crippen LogP) is 13.4. The fourth-order valence-corrected chi connectivity index (χ4v) is 7.31. The fraction of sp³-hybridized carbons (Fsp3) is 0. The van der Waals surface area contributed by atoms with E-state index in [0.29, 0.717) is 0 Å². The first kappa shape index (κ1) is 27.5. The number of para-hydroxylation sites is 1. The summed E-state index contributed by atoms with van der Waals surface area (Å²) in [6.45, 7) is 0. The molecule has 2 heterocycles. The van der Waals surface area contributed by atoms with Gasteiger partial charge >= 0.3 is 0 Å². The third-order valence-electron chi connectivity index (χ3n) is 9.66. The lowest BCUT2D eigenvalue weighted by Crippen LogP contribution is -2.10. The zero-order valence-corrected chi connectivity index (χ0v) is 26.5. The van der Waals surface area contributed by atoms with Gasteiger partial charge in [0.1, 0.15) is 22.3 Å². The summed E-state index contributed by atoms with van der Waals surface area (Å²) in [4.78, 5) is 2.35. The number of anilines is 3. The van der Waals surface area contributed by atoms with Crippen LogP contribution in [-0.2, 0) is 0 Å². The van der Waals surface area contributed by atoms with Gasteiger partial charge in [0, 0.05) is 32.9 Å². The molecular formula is C46H29NO2. The molecule has 0 spiro atoms. The molecule has 0 radical (unpaired) electrons. The van der Waals surface area contributed by atoms with Gasteiger partial charge in [-0.15, -0.1) is 0 Å². The van der Waals surface area contributed by atoms with Crippen LogP contribution in [0.5, 0.6) is 0 Å². The standard InChI is InChI=1S/C46H29NO2/c1-2-10-30(11-3-1)33-13-8-14-36(28-33)47(41-17-9-19-43-45(41)40-27-22-32-12-4-5-15-37(32)46(40)49-43)35-24-20-31(21-25-35)34-23-26-39-38-16-6-7-18-42(38)48-44(39)29-34/h1-29H. The minimum Gasteiger partial charge on any atom is -0.456 e. The Kier molecular flexibility index (Phi) is 6.18. The second kappa shape index (κ2) is 11.0. The molecule has 0 bridgehead atoms. The molecule has 0 aliphatic rings. The third kappa shape index (κ3) is 4.51. The summed E-state index contributed by atoms with van der Waals surface area (Å²) in [7, 11) is 0. The van der Waals surface area contributed by atoms with Crippen LogP contribution in [0, 0.1) is 0 Å². The van der Waals surface area contributed by atoms with Crippen molar-refractivity contribution in [2.75, 3.05) is 4.90 Å². The van der Waals surface area contributed by atoms with E-state index in [4.69, 9.17) is 8.83 Å². The molecule has 230 valence electrons. The second-order valence-corrected chi connectivity index (χ2v) is 12.5. The van der Waals surface area contributed by atoms with E-state index in [1.807, 2.05) is 12.1 Å². The smallest absolute Gasteiger partial charge is 0.143 e. The van der Waals surface area contributed by atoms with Crippen LogP contribution in [-0.4, -0.2) is 0 Å².